The lowest BCUT2D eigenvalue weighted by atomic mass is 10.3. The zero-order valence-corrected chi connectivity index (χ0v) is 14.7. The first-order chi connectivity index (χ1) is 9.88. The van der Waals surface area contributed by atoms with Crippen LogP contribution in [0.1, 0.15) is 38.4 Å². The van der Waals surface area contributed by atoms with E-state index in [1.807, 2.05) is 43.5 Å². The molecule has 114 valence electrons. The Bertz CT molecular complexity index is 652. The first kappa shape index (κ1) is 16.3. The number of hydrogen-bond acceptors (Lipinski definition) is 2. The molecule has 0 fully saturated rings. The predicted molar refractivity (Wildman–Crippen MR) is 89.6 cm³/mol. The molecule has 0 saturated heterocycles. The number of benzene rings is 1. The third-order valence-corrected chi connectivity index (χ3v) is 3.80. The first-order valence-corrected chi connectivity index (χ1v) is 8.20. The van der Waals surface area contributed by atoms with E-state index in [0.29, 0.717) is 13.0 Å². The second-order valence-electron chi connectivity index (χ2n) is 5.34. The number of alkyl halides is 1. The van der Waals surface area contributed by atoms with Crippen molar-refractivity contribution in [3.63, 3.8) is 0 Å². The van der Waals surface area contributed by atoms with Crippen LogP contribution in [0.4, 0.5) is 0 Å². The van der Waals surface area contributed by atoms with Gasteiger partial charge < -0.3 is 9.88 Å². The highest BCUT2D eigenvalue weighted by Crippen LogP contribution is 2.26. The number of rotatable bonds is 5. The SMILES string of the molecule is CC(C)NC(=O)CCn1c(C(C)Cl)nc2cc(Br)ccc21. The van der Waals surface area contributed by atoms with Gasteiger partial charge in [0.15, 0.2) is 0 Å². The van der Waals surface area contributed by atoms with E-state index in [4.69, 9.17) is 11.6 Å². The Morgan fingerprint density at radius 2 is 2.14 bits per heavy atom. The van der Waals surface area contributed by atoms with Crippen LogP contribution in [0.5, 0.6) is 0 Å². The van der Waals surface area contributed by atoms with Gasteiger partial charge in [-0.2, -0.15) is 0 Å². The third kappa shape index (κ3) is 3.98. The Labute approximate surface area is 138 Å². The van der Waals surface area contributed by atoms with E-state index in [-0.39, 0.29) is 17.3 Å². The molecule has 2 rings (SSSR count). The molecular weight excluding hydrogens is 354 g/mol. The molecule has 1 unspecified atom stereocenters. The summed E-state index contributed by atoms with van der Waals surface area (Å²) in [7, 11) is 0. The molecule has 1 atom stereocenters. The molecule has 1 amide bonds. The normalized spacial score (nSPS) is 12.9. The van der Waals surface area contributed by atoms with E-state index in [1.165, 1.54) is 0 Å². The van der Waals surface area contributed by atoms with Gasteiger partial charge in [-0.05, 0) is 39.0 Å². The Balaban J connectivity index is 2.28. The fourth-order valence-electron chi connectivity index (χ4n) is 2.27. The Kier molecular flexibility index (Phi) is 5.27. The average molecular weight is 373 g/mol. The molecule has 1 aromatic carbocycles. The number of imidazole rings is 1. The average Bonchev–Trinajstić information content (AvgIpc) is 2.73. The van der Waals surface area contributed by atoms with Crippen LogP contribution >= 0.6 is 27.5 Å². The van der Waals surface area contributed by atoms with E-state index in [9.17, 15) is 4.79 Å². The summed E-state index contributed by atoms with van der Waals surface area (Å²) in [4.78, 5) is 16.4. The van der Waals surface area contributed by atoms with E-state index < -0.39 is 0 Å². The number of nitrogens with zero attached hydrogens (tertiary/aromatic N) is 2. The minimum Gasteiger partial charge on any atom is -0.354 e. The number of hydrogen-bond donors (Lipinski definition) is 1. The van der Waals surface area contributed by atoms with Crippen molar-refractivity contribution < 1.29 is 4.79 Å². The topological polar surface area (TPSA) is 46.9 Å². The number of fused-ring (bicyclic) bond motifs is 1. The van der Waals surface area contributed by atoms with Gasteiger partial charge in [-0.15, -0.1) is 11.6 Å². The standard InChI is InChI=1S/C15H19BrClN3O/c1-9(2)18-14(21)6-7-20-13-5-4-11(16)8-12(13)19-15(20)10(3)17/h4-5,8-10H,6-7H2,1-3H3,(H,18,21). The number of carbonyl (C=O) groups is 1. The van der Waals surface area contributed by atoms with Gasteiger partial charge >= 0.3 is 0 Å². The van der Waals surface area contributed by atoms with E-state index in [0.717, 1.165) is 21.3 Å². The minimum absolute atomic E-state index is 0.0390. The zero-order chi connectivity index (χ0) is 15.6. The van der Waals surface area contributed by atoms with Crippen molar-refractivity contribution in [2.75, 3.05) is 0 Å². The Morgan fingerprint density at radius 1 is 1.43 bits per heavy atom. The van der Waals surface area contributed by atoms with Gasteiger partial charge in [0.2, 0.25) is 5.91 Å². The smallest absolute Gasteiger partial charge is 0.221 e. The van der Waals surface area contributed by atoms with E-state index >= 15 is 0 Å². The van der Waals surface area contributed by atoms with Gasteiger partial charge in [0, 0.05) is 23.5 Å². The third-order valence-electron chi connectivity index (χ3n) is 3.11. The number of carbonyl (C=O) groups excluding carboxylic acids is 1. The summed E-state index contributed by atoms with van der Waals surface area (Å²) < 4.78 is 3.00. The highest BCUT2D eigenvalue weighted by molar-refractivity contribution is 9.10. The van der Waals surface area contributed by atoms with Crippen LogP contribution in [0.3, 0.4) is 0 Å². The molecule has 0 saturated carbocycles. The van der Waals surface area contributed by atoms with Crippen molar-refractivity contribution in [3.05, 3.63) is 28.5 Å². The fraction of sp³-hybridized carbons (Fsp3) is 0.467. The number of amides is 1. The van der Waals surface area contributed by atoms with Crippen molar-refractivity contribution in [1.29, 1.82) is 0 Å². The molecule has 1 N–H and O–H groups in total. The number of aryl methyl sites for hydroxylation is 1. The van der Waals surface area contributed by atoms with Gasteiger partial charge in [0.05, 0.1) is 16.4 Å². The quantitative estimate of drug-likeness (QED) is 0.806. The summed E-state index contributed by atoms with van der Waals surface area (Å²) in [6, 6.07) is 6.08. The molecule has 0 aliphatic rings. The molecule has 0 aliphatic carbocycles. The summed E-state index contributed by atoms with van der Waals surface area (Å²) in [6.07, 6.45) is 0.413. The highest BCUT2D eigenvalue weighted by atomic mass is 79.9. The lowest BCUT2D eigenvalue weighted by Gasteiger charge is -2.12. The van der Waals surface area contributed by atoms with Gasteiger partial charge in [0.25, 0.3) is 0 Å². The van der Waals surface area contributed by atoms with Crippen molar-refractivity contribution in [3.8, 4) is 0 Å². The van der Waals surface area contributed by atoms with Crippen LogP contribution in [0, 0.1) is 0 Å². The first-order valence-electron chi connectivity index (χ1n) is 6.97. The second-order valence-corrected chi connectivity index (χ2v) is 6.91. The maximum atomic E-state index is 11.8. The van der Waals surface area contributed by atoms with Gasteiger partial charge in [-0.1, -0.05) is 15.9 Å². The molecule has 0 radical (unpaired) electrons. The van der Waals surface area contributed by atoms with E-state index in [2.05, 4.69) is 26.2 Å². The maximum Gasteiger partial charge on any atom is 0.221 e. The summed E-state index contributed by atoms with van der Waals surface area (Å²) in [5.74, 6) is 0.833. The molecule has 6 heteroatoms. The predicted octanol–water partition coefficient (Wildman–Crippen LogP) is 4.01. The van der Waals surface area contributed by atoms with Crippen molar-refractivity contribution in [2.24, 2.45) is 0 Å². The fourth-order valence-corrected chi connectivity index (χ4v) is 2.78. The van der Waals surface area contributed by atoms with Crippen LogP contribution < -0.4 is 5.32 Å². The number of halogens is 2. The van der Waals surface area contributed by atoms with Crippen LogP contribution in [0.25, 0.3) is 11.0 Å². The largest absolute Gasteiger partial charge is 0.354 e. The second kappa shape index (κ2) is 6.79. The molecule has 4 nitrogen and oxygen atoms in total. The zero-order valence-electron chi connectivity index (χ0n) is 12.4. The molecule has 1 heterocycles. The summed E-state index contributed by atoms with van der Waals surface area (Å²) >= 11 is 9.67. The minimum atomic E-state index is -0.204. The van der Waals surface area contributed by atoms with Gasteiger partial charge in [-0.25, -0.2) is 4.98 Å². The molecule has 0 spiro atoms. The van der Waals surface area contributed by atoms with Crippen LogP contribution in [-0.2, 0) is 11.3 Å². The summed E-state index contributed by atoms with van der Waals surface area (Å²) in [5, 5.41) is 2.69. The molecule has 2 aromatic rings. The van der Waals surface area contributed by atoms with Gasteiger partial charge in [0.1, 0.15) is 5.82 Å². The lowest BCUT2D eigenvalue weighted by Crippen LogP contribution is -2.30. The van der Waals surface area contributed by atoms with Crippen LogP contribution in [0.2, 0.25) is 0 Å². The summed E-state index contributed by atoms with van der Waals surface area (Å²) in [5.41, 5.74) is 1.88. The highest BCUT2D eigenvalue weighted by Gasteiger charge is 2.16. The molecule has 1 aromatic heterocycles. The number of aromatic nitrogens is 2. The molecule has 0 bridgehead atoms. The van der Waals surface area contributed by atoms with Crippen LogP contribution in [-0.4, -0.2) is 21.5 Å². The Morgan fingerprint density at radius 3 is 2.76 bits per heavy atom. The van der Waals surface area contributed by atoms with E-state index in [1.54, 1.807) is 0 Å². The molecule has 21 heavy (non-hydrogen) atoms. The van der Waals surface area contributed by atoms with Crippen molar-refractivity contribution >= 4 is 44.5 Å². The van der Waals surface area contributed by atoms with Crippen LogP contribution in [0.15, 0.2) is 22.7 Å². The monoisotopic (exact) mass is 371 g/mol. The molecular formula is C15H19BrClN3O. The summed E-state index contributed by atoms with van der Waals surface area (Å²) in [6.45, 7) is 6.37. The maximum absolute atomic E-state index is 11.8. The van der Waals surface area contributed by atoms with Gasteiger partial charge in [-0.3, -0.25) is 4.79 Å². The Hall–Kier alpha value is -1.07. The number of nitrogens with one attached hydrogen (secondary N) is 1. The molecule has 0 aliphatic heterocycles. The van der Waals surface area contributed by atoms with Crippen molar-refractivity contribution in [2.45, 2.75) is 45.2 Å². The lowest BCUT2D eigenvalue weighted by molar-refractivity contribution is -0.121. The van der Waals surface area contributed by atoms with Crippen molar-refractivity contribution in [1.82, 2.24) is 14.9 Å².